The number of benzene rings is 2. The topological polar surface area (TPSA) is 83.8 Å². The summed E-state index contributed by atoms with van der Waals surface area (Å²) in [6.45, 7) is 3.06. The van der Waals surface area contributed by atoms with Gasteiger partial charge in [-0.05, 0) is 68.7 Å². The molecule has 2 aromatic carbocycles. The number of ether oxygens (including phenoxy) is 2. The normalized spacial score (nSPS) is 24.7. The molecule has 4 aromatic rings. The average molecular weight is 630 g/mol. The number of hydrogen-bond donors (Lipinski definition) is 1. The molecule has 4 aliphatic rings. The summed E-state index contributed by atoms with van der Waals surface area (Å²) in [7, 11) is 0. The maximum atomic E-state index is 17.1. The molecule has 0 unspecified atom stereocenters. The number of anilines is 1. The smallest absolute Gasteiger partial charge is 0.319 e. The molecule has 0 amide bonds. The molecule has 11 heteroatoms. The Morgan fingerprint density at radius 3 is 2.85 bits per heavy atom. The third-order valence-corrected chi connectivity index (χ3v) is 10.2. The Balaban J connectivity index is 1.34. The first-order chi connectivity index (χ1) is 22.3. The molecule has 6 heterocycles. The van der Waals surface area contributed by atoms with Crippen molar-refractivity contribution in [3.63, 3.8) is 0 Å². The van der Waals surface area contributed by atoms with E-state index in [-0.39, 0.29) is 52.1 Å². The van der Waals surface area contributed by atoms with Gasteiger partial charge in [0.15, 0.2) is 5.82 Å². The van der Waals surface area contributed by atoms with Crippen LogP contribution >= 0.6 is 0 Å². The van der Waals surface area contributed by atoms with Crippen LogP contribution in [0, 0.1) is 24.0 Å². The fourth-order valence-electron chi connectivity index (χ4n) is 8.14. The Morgan fingerprint density at radius 2 is 1.98 bits per heavy atom. The monoisotopic (exact) mass is 629 g/mol. The number of fused-ring (bicyclic) bond motifs is 4. The molecule has 3 atom stereocenters. The number of rotatable bonds is 4. The second kappa shape index (κ2) is 11.3. The van der Waals surface area contributed by atoms with Crippen molar-refractivity contribution >= 4 is 27.5 Å². The first kappa shape index (κ1) is 29.3. The van der Waals surface area contributed by atoms with Crippen molar-refractivity contribution in [1.29, 1.82) is 0 Å². The molecule has 0 spiro atoms. The van der Waals surface area contributed by atoms with Crippen LogP contribution in [-0.4, -0.2) is 82.2 Å². The molecule has 3 fully saturated rings. The summed E-state index contributed by atoms with van der Waals surface area (Å²) in [5, 5.41) is 11.9. The number of aromatic hydroxyl groups is 1. The van der Waals surface area contributed by atoms with Gasteiger partial charge in [0.05, 0.1) is 28.8 Å². The van der Waals surface area contributed by atoms with Crippen LogP contribution in [0.25, 0.3) is 32.9 Å². The molecule has 4 aliphatic heterocycles. The number of phenols is 1. The lowest BCUT2D eigenvalue weighted by Crippen LogP contribution is -2.43. The number of alkyl halides is 1. The second-order valence-corrected chi connectivity index (χ2v) is 12.9. The predicted octanol–water partition coefficient (Wildman–Crippen LogP) is 5.70. The van der Waals surface area contributed by atoms with Gasteiger partial charge >= 0.3 is 6.01 Å². The first-order valence-corrected chi connectivity index (χ1v) is 16.0. The summed E-state index contributed by atoms with van der Waals surface area (Å²) in [5.74, 6) is 1.42. The van der Waals surface area contributed by atoms with Crippen LogP contribution < -0.4 is 9.64 Å². The Morgan fingerprint density at radius 1 is 1.09 bits per heavy atom. The predicted molar refractivity (Wildman–Crippen MR) is 168 cm³/mol. The largest absolute Gasteiger partial charge is 0.508 e. The highest BCUT2D eigenvalue weighted by molar-refractivity contribution is 6.03. The van der Waals surface area contributed by atoms with E-state index in [4.69, 9.17) is 25.9 Å². The average Bonchev–Trinajstić information content (AvgIpc) is 3.46. The lowest BCUT2D eigenvalue weighted by Gasteiger charge is -2.34. The highest BCUT2D eigenvalue weighted by atomic mass is 19.1. The number of aryl methyl sites for hydroxylation is 1. The maximum Gasteiger partial charge on any atom is 0.319 e. The molecule has 1 N–H and O–H groups in total. The van der Waals surface area contributed by atoms with Gasteiger partial charge in [-0.1, -0.05) is 12.0 Å². The summed E-state index contributed by atoms with van der Waals surface area (Å²) in [5.41, 5.74) is 0.226. The van der Waals surface area contributed by atoms with E-state index in [9.17, 15) is 13.9 Å². The number of halogens is 3. The standard InChI is InChI=1S/C35H34F3N5O3/c1-2-24-26(37)8-7-20-15-23(44)16-25(28(20)24)31-30(38)32-29-27(39-31)6-3-5-22-9-13-45-14-12-43(22)33(29)41-34(40-32)46-19-35-10-4-11-42(35)18-21(36)17-35/h1,7-8,15-16,21-22,44H,3-6,9-14,17-19H2/t21-,22-,35+/m1/s1. The van der Waals surface area contributed by atoms with Crippen LogP contribution in [0.15, 0.2) is 24.3 Å². The lowest BCUT2D eigenvalue weighted by atomic mass is 9.94. The number of aromatic nitrogens is 3. The summed E-state index contributed by atoms with van der Waals surface area (Å²) >= 11 is 0. The van der Waals surface area contributed by atoms with Gasteiger partial charge < -0.3 is 19.5 Å². The van der Waals surface area contributed by atoms with E-state index in [0.29, 0.717) is 61.4 Å². The minimum atomic E-state index is -0.920. The second-order valence-electron chi connectivity index (χ2n) is 12.9. The van der Waals surface area contributed by atoms with Crippen molar-refractivity contribution in [3.05, 3.63) is 47.2 Å². The Hall–Kier alpha value is -4.14. The van der Waals surface area contributed by atoms with Gasteiger partial charge in [-0.25, -0.2) is 18.2 Å². The van der Waals surface area contributed by atoms with Crippen molar-refractivity contribution in [3.8, 4) is 35.4 Å². The fraction of sp³-hybridized carbons (Fsp3) is 0.457. The molecule has 2 aromatic heterocycles. The SMILES string of the molecule is C#Cc1c(F)ccc2cc(O)cc(-c3nc4c5c(nc(OC[C@@]67CCCN6C[C@H](F)C7)nc5c3F)N3CCOCC[C@H]3CCC4)c12. The molecule has 0 bridgehead atoms. The molecule has 46 heavy (non-hydrogen) atoms. The maximum absolute atomic E-state index is 17.1. The zero-order chi connectivity index (χ0) is 31.6. The van der Waals surface area contributed by atoms with Crippen molar-refractivity contribution < 1.29 is 27.8 Å². The molecule has 238 valence electrons. The zero-order valence-corrected chi connectivity index (χ0v) is 25.4. The van der Waals surface area contributed by atoms with Crippen LogP contribution in [0.2, 0.25) is 0 Å². The third-order valence-electron chi connectivity index (χ3n) is 10.2. The molecule has 0 saturated carbocycles. The Labute approximate surface area is 264 Å². The van der Waals surface area contributed by atoms with E-state index < -0.39 is 23.3 Å². The van der Waals surface area contributed by atoms with E-state index in [2.05, 4.69) is 20.7 Å². The van der Waals surface area contributed by atoms with Gasteiger partial charge in [0, 0.05) is 43.1 Å². The van der Waals surface area contributed by atoms with Gasteiger partial charge in [-0.2, -0.15) is 9.97 Å². The molecule has 8 rings (SSSR count). The van der Waals surface area contributed by atoms with Crippen LogP contribution in [0.5, 0.6) is 11.8 Å². The summed E-state index contributed by atoms with van der Waals surface area (Å²) in [6.07, 6.45) is 9.95. The van der Waals surface area contributed by atoms with E-state index >= 15 is 4.39 Å². The van der Waals surface area contributed by atoms with E-state index in [1.165, 1.54) is 24.3 Å². The Kier molecular flexibility index (Phi) is 7.18. The highest BCUT2D eigenvalue weighted by Gasteiger charge is 2.49. The first-order valence-electron chi connectivity index (χ1n) is 16.0. The number of terminal acetylenes is 1. The van der Waals surface area contributed by atoms with Crippen molar-refractivity contribution in [2.24, 2.45) is 0 Å². The molecular weight excluding hydrogens is 595 g/mol. The third kappa shape index (κ3) is 4.73. The van der Waals surface area contributed by atoms with Crippen molar-refractivity contribution in [2.45, 2.75) is 62.7 Å². The number of pyridine rings is 1. The minimum absolute atomic E-state index is 0.00801. The minimum Gasteiger partial charge on any atom is -0.508 e. The van der Waals surface area contributed by atoms with Crippen LogP contribution in [-0.2, 0) is 11.2 Å². The molecule has 3 saturated heterocycles. The van der Waals surface area contributed by atoms with Crippen molar-refractivity contribution in [1.82, 2.24) is 19.9 Å². The van der Waals surface area contributed by atoms with Gasteiger partial charge in [0.1, 0.15) is 41.4 Å². The summed E-state index contributed by atoms with van der Waals surface area (Å²) in [6, 6.07) is 5.69. The summed E-state index contributed by atoms with van der Waals surface area (Å²) in [4.78, 5) is 18.7. The molecule has 0 radical (unpaired) electrons. The van der Waals surface area contributed by atoms with E-state index in [1.807, 2.05) is 0 Å². The van der Waals surface area contributed by atoms with Gasteiger partial charge in [-0.3, -0.25) is 4.90 Å². The van der Waals surface area contributed by atoms with Crippen molar-refractivity contribution in [2.75, 3.05) is 44.4 Å². The van der Waals surface area contributed by atoms with Gasteiger partial charge in [-0.15, -0.1) is 6.42 Å². The van der Waals surface area contributed by atoms with E-state index in [1.54, 1.807) is 0 Å². The Bertz CT molecular complexity index is 1920. The molecule has 8 nitrogen and oxygen atoms in total. The molecule has 0 aliphatic carbocycles. The van der Waals surface area contributed by atoms with Crippen LogP contribution in [0.3, 0.4) is 0 Å². The van der Waals surface area contributed by atoms with Crippen LogP contribution in [0.4, 0.5) is 19.0 Å². The van der Waals surface area contributed by atoms with Crippen LogP contribution in [0.1, 0.15) is 49.8 Å². The number of phenolic OH excluding ortho intramolecular Hbond substituents is 1. The van der Waals surface area contributed by atoms with Gasteiger partial charge in [0.2, 0.25) is 0 Å². The lowest BCUT2D eigenvalue weighted by molar-refractivity contribution is 0.107. The summed E-state index contributed by atoms with van der Waals surface area (Å²) < 4.78 is 58.6. The quantitative estimate of drug-likeness (QED) is 0.288. The fourth-order valence-corrected chi connectivity index (χ4v) is 8.14. The number of hydrogen-bond acceptors (Lipinski definition) is 8. The zero-order valence-electron chi connectivity index (χ0n) is 25.4. The van der Waals surface area contributed by atoms with E-state index in [0.717, 1.165) is 38.6 Å². The molecular formula is C35H34F3N5O3. The van der Waals surface area contributed by atoms with Gasteiger partial charge in [0.25, 0.3) is 0 Å². The highest BCUT2D eigenvalue weighted by Crippen LogP contribution is 2.43. The number of nitrogens with zero attached hydrogens (tertiary/aromatic N) is 5.